The van der Waals surface area contributed by atoms with Crippen molar-refractivity contribution in [1.82, 2.24) is 0 Å². The predicted octanol–water partition coefficient (Wildman–Crippen LogP) is -0.246. The predicted molar refractivity (Wildman–Crippen MR) is 42.2 cm³/mol. The van der Waals surface area contributed by atoms with Crippen LogP contribution < -0.4 is 0 Å². The first-order valence-corrected chi connectivity index (χ1v) is 3.35. The summed E-state index contributed by atoms with van der Waals surface area (Å²) in [7, 11) is 0. The Morgan fingerprint density at radius 3 is 1.17 bits per heavy atom. The van der Waals surface area contributed by atoms with Gasteiger partial charge >= 0.3 is 0 Å². The molecule has 0 spiro atoms. The minimum atomic E-state index is -2.56. The van der Waals surface area contributed by atoms with Crippen molar-refractivity contribution in [1.29, 1.82) is 0 Å². The monoisotopic (exact) mass is 180 g/mol. The van der Waals surface area contributed by atoms with Crippen molar-refractivity contribution in [2.75, 3.05) is 0 Å². The molecule has 0 rings (SSSR count). The van der Waals surface area contributed by atoms with Crippen LogP contribution in [0.1, 0.15) is 27.7 Å². The molecule has 12 heavy (non-hydrogen) atoms. The molecule has 0 saturated heterocycles. The number of hydrogen-bond acceptors (Lipinski definition) is 4. The summed E-state index contributed by atoms with van der Waals surface area (Å²) in [6.07, 6.45) is 0. The number of rotatable bonds is 0. The molecule has 0 aromatic heterocycles. The Morgan fingerprint density at radius 1 is 1.08 bits per heavy atom. The van der Waals surface area contributed by atoms with Crippen LogP contribution in [0.4, 0.5) is 0 Å². The smallest absolute Gasteiger partial charge is 0.300 e. The first-order valence-electron chi connectivity index (χ1n) is 3.35. The minimum Gasteiger partial charge on any atom is -0.481 e. The van der Waals surface area contributed by atoms with Crippen LogP contribution in [0.5, 0.6) is 0 Å². The van der Waals surface area contributed by atoms with Gasteiger partial charge in [-0.3, -0.25) is 4.79 Å². The molecule has 0 saturated carbocycles. The van der Waals surface area contributed by atoms with Gasteiger partial charge in [-0.15, -0.1) is 0 Å². The van der Waals surface area contributed by atoms with E-state index in [0.717, 1.165) is 6.92 Å². The van der Waals surface area contributed by atoms with Crippen molar-refractivity contribution >= 4 is 5.97 Å². The molecule has 4 N–H and O–H groups in total. The number of carboxylic acid groups (broad SMARTS) is 1. The molecule has 74 valence electrons. The third-order valence-electron chi connectivity index (χ3n) is 1.01. The van der Waals surface area contributed by atoms with E-state index in [1.807, 2.05) is 0 Å². The Hall–Kier alpha value is -0.650. The summed E-state index contributed by atoms with van der Waals surface area (Å²) in [6, 6.07) is 0. The van der Waals surface area contributed by atoms with Gasteiger partial charge in [0.25, 0.3) is 11.9 Å². The highest BCUT2D eigenvalue weighted by Crippen LogP contribution is 2.24. The maximum Gasteiger partial charge on any atom is 0.300 e. The highest BCUT2D eigenvalue weighted by Gasteiger charge is 2.35. The van der Waals surface area contributed by atoms with Crippen LogP contribution >= 0.6 is 0 Å². The Morgan fingerprint density at radius 2 is 1.17 bits per heavy atom. The van der Waals surface area contributed by atoms with E-state index in [-0.39, 0.29) is 0 Å². The molecule has 0 bridgehead atoms. The van der Waals surface area contributed by atoms with Crippen LogP contribution in [0.15, 0.2) is 0 Å². The lowest BCUT2D eigenvalue weighted by molar-refractivity contribution is -0.363. The van der Waals surface area contributed by atoms with Gasteiger partial charge in [-0.25, -0.2) is 0 Å². The van der Waals surface area contributed by atoms with Crippen LogP contribution in [0.3, 0.4) is 0 Å². The maximum absolute atomic E-state index is 9.00. The van der Waals surface area contributed by atoms with E-state index >= 15 is 0 Å². The zero-order valence-corrected chi connectivity index (χ0v) is 7.70. The van der Waals surface area contributed by atoms with Gasteiger partial charge in [0, 0.05) is 12.3 Å². The van der Waals surface area contributed by atoms with E-state index in [9.17, 15) is 0 Å². The molecule has 0 unspecified atom stereocenters. The van der Waals surface area contributed by atoms with Crippen LogP contribution in [-0.2, 0) is 4.79 Å². The summed E-state index contributed by atoms with van der Waals surface area (Å²) in [5.41, 5.74) is -0.896. The van der Waals surface area contributed by atoms with Crippen molar-refractivity contribution in [2.45, 2.75) is 33.7 Å². The fourth-order valence-corrected chi connectivity index (χ4v) is 0. The van der Waals surface area contributed by atoms with E-state index < -0.39 is 17.4 Å². The average Bonchev–Trinajstić information content (AvgIpc) is 1.55. The van der Waals surface area contributed by atoms with Crippen molar-refractivity contribution in [3.63, 3.8) is 0 Å². The molecule has 0 aliphatic heterocycles. The fraction of sp³-hybridized carbons (Fsp3) is 0.857. The van der Waals surface area contributed by atoms with Gasteiger partial charge in [-0.1, -0.05) is 20.8 Å². The average molecular weight is 180 g/mol. The second-order valence-electron chi connectivity index (χ2n) is 3.40. The van der Waals surface area contributed by atoms with Gasteiger partial charge < -0.3 is 20.4 Å². The number of carboxylic acids is 1. The van der Waals surface area contributed by atoms with Gasteiger partial charge in [0.1, 0.15) is 0 Å². The summed E-state index contributed by atoms with van der Waals surface area (Å²) in [5.74, 6) is -3.40. The van der Waals surface area contributed by atoms with Crippen molar-refractivity contribution < 1.29 is 25.2 Å². The number of aliphatic hydroxyl groups is 3. The molecule has 0 amide bonds. The summed E-state index contributed by atoms with van der Waals surface area (Å²) >= 11 is 0. The lowest BCUT2D eigenvalue weighted by Crippen LogP contribution is -2.42. The van der Waals surface area contributed by atoms with Crippen LogP contribution in [0.25, 0.3) is 0 Å². The Balaban J connectivity index is 0. The fourth-order valence-electron chi connectivity index (χ4n) is 0. The molecule has 0 radical (unpaired) electrons. The van der Waals surface area contributed by atoms with Gasteiger partial charge in [-0.05, 0) is 0 Å². The molecule has 0 aliphatic rings. The van der Waals surface area contributed by atoms with Crippen LogP contribution in [-0.4, -0.2) is 32.4 Å². The van der Waals surface area contributed by atoms with Crippen molar-refractivity contribution in [3.8, 4) is 0 Å². The number of carbonyl (C=O) groups is 1. The largest absolute Gasteiger partial charge is 0.481 e. The summed E-state index contributed by atoms with van der Waals surface area (Å²) in [6.45, 7) is 5.65. The first-order chi connectivity index (χ1) is 4.98. The third kappa shape index (κ3) is 9.35. The summed E-state index contributed by atoms with van der Waals surface area (Å²) in [4.78, 5) is 9.00. The lowest BCUT2D eigenvalue weighted by atomic mass is 9.94. The van der Waals surface area contributed by atoms with Crippen LogP contribution in [0.2, 0.25) is 0 Å². The van der Waals surface area contributed by atoms with E-state index in [4.69, 9.17) is 25.2 Å². The first kappa shape index (κ1) is 13.9. The highest BCUT2D eigenvalue weighted by atomic mass is 16.7. The summed E-state index contributed by atoms with van der Waals surface area (Å²) < 4.78 is 0. The van der Waals surface area contributed by atoms with E-state index in [1.54, 1.807) is 0 Å². The molecule has 0 aliphatic carbocycles. The van der Waals surface area contributed by atoms with E-state index in [2.05, 4.69) is 0 Å². The molecule has 5 heteroatoms. The molecule has 0 aromatic carbocycles. The standard InChI is InChI=1S/C5H12O3.C2H4O2/c1-4(2,3)5(6,7)8;1-2(3)4/h6-8H,1-3H3;1H3,(H,3,4). The van der Waals surface area contributed by atoms with Gasteiger partial charge in [-0.2, -0.15) is 0 Å². The van der Waals surface area contributed by atoms with Crippen molar-refractivity contribution in [3.05, 3.63) is 0 Å². The Bertz CT molecular complexity index is 123. The lowest BCUT2D eigenvalue weighted by Gasteiger charge is -2.28. The van der Waals surface area contributed by atoms with Gasteiger partial charge in [0.2, 0.25) is 0 Å². The highest BCUT2D eigenvalue weighted by molar-refractivity contribution is 5.62. The minimum absolute atomic E-state index is 0.833. The van der Waals surface area contributed by atoms with E-state index in [0.29, 0.717) is 0 Å². The van der Waals surface area contributed by atoms with Gasteiger partial charge in [0.15, 0.2) is 0 Å². The SMILES string of the molecule is CC(=O)O.CC(C)(C)C(O)(O)O. The van der Waals surface area contributed by atoms with Gasteiger partial charge in [0.05, 0.1) is 0 Å². The normalized spacial score (nSPS) is 11.6. The second-order valence-corrected chi connectivity index (χ2v) is 3.40. The molecular formula is C7H16O5. The van der Waals surface area contributed by atoms with E-state index in [1.165, 1.54) is 20.8 Å². The zero-order chi connectivity index (χ0) is 10.6. The molecular weight excluding hydrogens is 164 g/mol. The molecule has 0 aromatic rings. The third-order valence-corrected chi connectivity index (χ3v) is 1.01. The molecule has 0 fully saturated rings. The quantitative estimate of drug-likeness (QED) is 0.385. The number of hydrogen-bond donors (Lipinski definition) is 4. The maximum atomic E-state index is 9.00. The number of aliphatic carboxylic acids is 1. The topological polar surface area (TPSA) is 98.0 Å². The molecule has 0 atom stereocenters. The Kier molecular flexibility index (Phi) is 5.09. The Labute approximate surface area is 71.3 Å². The molecule has 0 heterocycles. The molecule has 5 nitrogen and oxygen atoms in total. The van der Waals surface area contributed by atoms with Crippen molar-refractivity contribution in [2.24, 2.45) is 5.41 Å². The second kappa shape index (κ2) is 4.39. The van der Waals surface area contributed by atoms with Crippen LogP contribution in [0, 0.1) is 5.41 Å². The summed E-state index contributed by atoms with van der Waals surface area (Å²) in [5, 5.41) is 32.8. The zero-order valence-electron chi connectivity index (χ0n) is 7.70.